The quantitative estimate of drug-likeness (QED) is 0.442. The highest BCUT2D eigenvalue weighted by atomic mass is 79.9. The summed E-state index contributed by atoms with van der Waals surface area (Å²) >= 11 is 9.51. The summed E-state index contributed by atoms with van der Waals surface area (Å²) in [5.74, 6) is 0.830. The van der Waals surface area contributed by atoms with E-state index in [-0.39, 0.29) is 0 Å². The largest absolute Gasteiger partial charge is 0.488 e. The third kappa shape index (κ3) is 5.26. The van der Waals surface area contributed by atoms with Gasteiger partial charge in [0.05, 0.1) is 4.47 Å². The molecule has 2 nitrogen and oxygen atoms in total. The first-order chi connectivity index (χ1) is 12.6. The molecule has 3 aromatic carbocycles. The van der Waals surface area contributed by atoms with Gasteiger partial charge in [0.2, 0.25) is 0 Å². The van der Waals surface area contributed by atoms with Gasteiger partial charge in [-0.1, -0.05) is 48.9 Å². The minimum absolute atomic E-state index is 0.511. The lowest BCUT2D eigenvalue weighted by Crippen LogP contribution is -2.01. The van der Waals surface area contributed by atoms with E-state index in [2.05, 4.69) is 64.6 Å². The van der Waals surface area contributed by atoms with Crippen LogP contribution in [0.4, 0.5) is 5.69 Å². The summed E-state index contributed by atoms with van der Waals surface area (Å²) in [6.07, 6.45) is 1.06. The van der Waals surface area contributed by atoms with Gasteiger partial charge in [-0.05, 0) is 75.4 Å². The third-order valence-electron chi connectivity index (χ3n) is 4.16. The van der Waals surface area contributed by atoms with Crippen molar-refractivity contribution in [3.63, 3.8) is 0 Å². The topological polar surface area (TPSA) is 21.3 Å². The molecule has 0 atom stereocenters. The highest BCUT2D eigenvalue weighted by Crippen LogP contribution is 2.27. The lowest BCUT2D eigenvalue weighted by molar-refractivity contribution is 0.304. The van der Waals surface area contributed by atoms with Crippen LogP contribution >= 0.6 is 27.5 Å². The summed E-state index contributed by atoms with van der Waals surface area (Å²) in [4.78, 5) is 0. The van der Waals surface area contributed by atoms with E-state index >= 15 is 0 Å². The molecule has 0 aliphatic carbocycles. The first-order valence-corrected chi connectivity index (χ1v) is 9.79. The van der Waals surface area contributed by atoms with Crippen LogP contribution in [0.25, 0.3) is 0 Å². The van der Waals surface area contributed by atoms with Crippen molar-refractivity contribution in [2.75, 3.05) is 5.32 Å². The Morgan fingerprint density at radius 1 is 0.885 bits per heavy atom. The molecule has 0 saturated carbocycles. The Labute approximate surface area is 168 Å². The smallest absolute Gasteiger partial charge is 0.134 e. The third-order valence-corrected chi connectivity index (χ3v) is 5.03. The van der Waals surface area contributed by atoms with E-state index in [4.69, 9.17) is 16.3 Å². The van der Waals surface area contributed by atoms with Crippen LogP contribution in [0.3, 0.4) is 0 Å². The van der Waals surface area contributed by atoms with Gasteiger partial charge in [-0.15, -0.1) is 0 Å². The molecule has 0 radical (unpaired) electrons. The summed E-state index contributed by atoms with van der Waals surface area (Å²) in [6, 6.07) is 22.4. The fraction of sp³-hybridized carbons (Fsp3) is 0.182. The van der Waals surface area contributed by atoms with Gasteiger partial charge in [-0.3, -0.25) is 0 Å². The molecule has 0 fully saturated rings. The van der Waals surface area contributed by atoms with Gasteiger partial charge in [-0.25, -0.2) is 0 Å². The Kier molecular flexibility index (Phi) is 6.59. The lowest BCUT2D eigenvalue weighted by Gasteiger charge is -2.11. The summed E-state index contributed by atoms with van der Waals surface area (Å²) in [7, 11) is 0. The molecule has 0 aliphatic heterocycles. The zero-order valence-electron chi connectivity index (χ0n) is 14.6. The number of rotatable bonds is 7. The normalized spacial score (nSPS) is 10.6. The van der Waals surface area contributed by atoms with Gasteiger partial charge >= 0.3 is 0 Å². The van der Waals surface area contributed by atoms with Crippen molar-refractivity contribution in [3.05, 3.63) is 92.9 Å². The first-order valence-electron chi connectivity index (χ1n) is 8.62. The average Bonchev–Trinajstić information content (AvgIpc) is 2.67. The molecule has 3 rings (SSSR count). The van der Waals surface area contributed by atoms with Crippen LogP contribution in [0.2, 0.25) is 5.02 Å². The summed E-state index contributed by atoms with van der Waals surface area (Å²) < 4.78 is 6.85. The van der Waals surface area contributed by atoms with Crippen LogP contribution < -0.4 is 10.1 Å². The Bertz CT molecular complexity index is 847. The number of nitrogens with one attached hydrogen (secondary N) is 1. The molecular formula is C22H21BrClNO. The van der Waals surface area contributed by atoms with E-state index in [0.717, 1.165) is 39.5 Å². The summed E-state index contributed by atoms with van der Waals surface area (Å²) in [5, 5.41) is 4.18. The van der Waals surface area contributed by atoms with Crippen LogP contribution in [-0.2, 0) is 19.6 Å². The predicted molar refractivity (Wildman–Crippen MR) is 113 cm³/mol. The fourth-order valence-electron chi connectivity index (χ4n) is 2.58. The van der Waals surface area contributed by atoms with Gasteiger partial charge in [0.1, 0.15) is 12.4 Å². The Hall–Kier alpha value is -1.97. The maximum Gasteiger partial charge on any atom is 0.134 e. The molecule has 0 unspecified atom stereocenters. The van der Waals surface area contributed by atoms with Crippen molar-refractivity contribution in [1.82, 2.24) is 0 Å². The Balaban J connectivity index is 1.57. The monoisotopic (exact) mass is 429 g/mol. The van der Waals surface area contributed by atoms with Gasteiger partial charge in [-0.2, -0.15) is 0 Å². The highest BCUT2D eigenvalue weighted by Gasteiger charge is 2.04. The zero-order chi connectivity index (χ0) is 18.4. The van der Waals surface area contributed by atoms with Crippen LogP contribution in [0, 0.1) is 0 Å². The fourth-order valence-corrected chi connectivity index (χ4v) is 3.24. The van der Waals surface area contributed by atoms with E-state index in [1.54, 1.807) is 0 Å². The minimum Gasteiger partial charge on any atom is -0.488 e. The number of hydrogen-bond donors (Lipinski definition) is 1. The SMILES string of the molecule is CCc1ccc(NCc2ccc(OCc3ccc(Cl)cc3)c(Br)c2)cc1. The Morgan fingerprint density at radius 2 is 1.54 bits per heavy atom. The number of hydrogen-bond acceptors (Lipinski definition) is 2. The standard InChI is InChI=1S/C22H21BrClNO/c1-2-16-5-10-20(11-6-16)25-14-18-7-12-22(21(23)13-18)26-15-17-3-8-19(24)9-4-17/h3-13,25H,2,14-15H2,1H3. The molecule has 1 N–H and O–H groups in total. The number of benzene rings is 3. The van der Waals surface area contributed by atoms with Crippen molar-refractivity contribution in [1.29, 1.82) is 0 Å². The number of aryl methyl sites for hydroxylation is 1. The minimum atomic E-state index is 0.511. The maximum atomic E-state index is 5.91. The van der Waals surface area contributed by atoms with Gasteiger partial charge in [0, 0.05) is 17.3 Å². The molecule has 0 amide bonds. The molecule has 134 valence electrons. The van der Waals surface area contributed by atoms with Gasteiger partial charge in [0.15, 0.2) is 0 Å². The molecule has 0 aliphatic rings. The van der Waals surface area contributed by atoms with Crippen LogP contribution in [0.5, 0.6) is 5.75 Å². The van der Waals surface area contributed by atoms with Crippen molar-refractivity contribution in [2.24, 2.45) is 0 Å². The second-order valence-corrected chi connectivity index (χ2v) is 7.37. The second-order valence-electron chi connectivity index (χ2n) is 6.08. The molecular weight excluding hydrogens is 410 g/mol. The molecule has 0 heterocycles. The Morgan fingerprint density at radius 3 is 2.19 bits per heavy atom. The molecule has 4 heteroatoms. The molecule has 0 aromatic heterocycles. The van der Waals surface area contributed by atoms with Crippen molar-refractivity contribution in [2.45, 2.75) is 26.5 Å². The number of anilines is 1. The zero-order valence-corrected chi connectivity index (χ0v) is 17.0. The van der Waals surface area contributed by atoms with E-state index in [9.17, 15) is 0 Å². The number of ether oxygens (including phenoxy) is 1. The van der Waals surface area contributed by atoms with E-state index in [1.165, 1.54) is 11.1 Å². The number of halogens is 2. The van der Waals surface area contributed by atoms with E-state index in [1.807, 2.05) is 30.3 Å². The maximum absolute atomic E-state index is 5.91. The van der Waals surface area contributed by atoms with Crippen molar-refractivity contribution >= 4 is 33.2 Å². The van der Waals surface area contributed by atoms with Crippen LogP contribution in [0.15, 0.2) is 71.2 Å². The van der Waals surface area contributed by atoms with Gasteiger partial charge < -0.3 is 10.1 Å². The van der Waals surface area contributed by atoms with Crippen molar-refractivity contribution < 1.29 is 4.74 Å². The summed E-state index contributed by atoms with van der Waals surface area (Å²) in [6.45, 7) is 3.44. The van der Waals surface area contributed by atoms with Crippen molar-refractivity contribution in [3.8, 4) is 5.75 Å². The van der Waals surface area contributed by atoms with E-state index in [0.29, 0.717) is 6.61 Å². The molecule has 0 saturated heterocycles. The van der Waals surface area contributed by atoms with Crippen LogP contribution in [-0.4, -0.2) is 0 Å². The molecule has 0 spiro atoms. The molecule has 0 bridgehead atoms. The second kappa shape index (κ2) is 9.11. The van der Waals surface area contributed by atoms with Gasteiger partial charge in [0.25, 0.3) is 0 Å². The predicted octanol–water partition coefficient (Wildman–Crippen LogP) is 6.86. The molecule has 3 aromatic rings. The highest BCUT2D eigenvalue weighted by molar-refractivity contribution is 9.10. The first kappa shape index (κ1) is 18.8. The average molecular weight is 431 g/mol. The summed E-state index contributed by atoms with van der Waals surface area (Å²) in [5.41, 5.74) is 4.75. The van der Waals surface area contributed by atoms with Crippen LogP contribution in [0.1, 0.15) is 23.6 Å². The van der Waals surface area contributed by atoms with E-state index < -0.39 is 0 Å². The molecule has 26 heavy (non-hydrogen) atoms. The lowest BCUT2D eigenvalue weighted by atomic mass is 10.1.